The van der Waals surface area contributed by atoms with Crippen LogP contribution in [0.5, 0.6) is 17.2 Å². The van der Waals surface area contributed by atoms with Crippen molar-refractivity contribution in [2.24, 2.45) is 0 Å². The van der Waals surface area contributed by atoms with Crippen molar-refractivity contribution >= 4 is 17.7 Å². The predicted molar refractivity (Wildman–Crippen MR) is 87.3 cm³/mol. The number of esters is 1. The molecule has 2 aromatic rings. The first-order chi connectivity index (χ1) is 11.9. The number of carbonyl (C=O) groups is 1. The molecule has 0 fully saturated rings. The van der Waals surface area contributed by atoms with Crippen molar-refractivity contribution in [3.8, 4) is 17.2 Å². The van der Waals surface area contributed by atoms with Gasteiger partial charge in [0.1, 0.15) is 17.3 Å². The minimum atomic E-state index is -0.904. The Labute approximate surface area is 142 Å². The van der Waals surface area contributed by atoms with Gasteiger partial charge < -0.3 is 14.2 Å². The lowest BCUT2D eigenvalue weighted by molar-refractivity contribution is -0.385. The first-order valence-electron chi connectivity index (χ1n) is 7.00. The minimum Gasteiger partial charge on any atom is -0.497 e. The largest absolute Gasteiger partial charge is 0.497 e. The second-order valence-corrected chi connectivity index (χ2v) is 4.73. The number of hydrogen-bond donors (Lipinski definition) is 0. The second kappa shape index (κ2) is 7.91. The van der Waals surface area contributed by atoms with Crippen LogP contribution >= 0.6 is 0 Å². The highest BCUT2D eigenvalue weighted by molar-refractivity contribution is 5.89. The molecule has 2 rings (SSSR count). The molecule has 2 aromatic carbocycles. The van der Waals surface area contributed by atoms with Gasteiger partial charge in [-0.2, -0.15) is 0 Å². The fourth-order valence-corrected chi connectivity index (χ4v) is 1.99. The smallest absolute Gasteiger partial charge is 0.336 e. The molecule has 0 radical (unpaired) electrons. The molecule has 0 aliphatic rings. The average Bonchev–Trinajstić information content (AvgIpc) is 2.59. The number of ether oxygens (including phenoxy) is 3. The molecule has 0 amide bonds. The third kappa shape index (κ3) is 4.54. The molecular weight excluding hydrogens is 333 g/mol. The van der Waals surface area contributed by atoms with Crippen LogP contribution in [0, 0.1) is 15.9 Å². The number of carbonyl (C=O) groups excluding carboxylic acids is 1. The molecule has 0 aliphatic heterocycles. The molecule has 130 valence electrons. The zero-order valence-corrected chi connectivity index (χ0v) is 13.4. The van der Waals surface area contributed by atoms with Gasteiger partial charge in [0.05, 0.1) is 19.1 Å². The van der Waals surface area contributed by atoms with Crippen LogP contribution in [0.4, 0.5) is 10.1 Å². The number of nitro groups is 1. The van der Waals surface area contributed by atoms with Crippen molar-refractivity contribution in [2.75, 3.05) is 14.2 Å². The summed E-state index contributed by atoms with van der Waals surface area (Å²) in [7, 11) is 2.96. The molecule has 7 nitrogen and oxygen atoms in total. The molecule has 0 heterocycles. The molecule has 0 N–H and O–H groups in total. The molecule has 0 unspecified atom stereocenters. The molecule has 0 saturated carbocycles. The fraction of sp³-hybridized carbons (Fsp3) is 0.118. The van der Waals surface area contributed by atoms with Crippen LogP contribution in [0.15, 0.2) is 42.5 Å². The molecule has 0 aliphatic carbocycles. The summed E-state index contributed by atoms with van der Waals surface area (Å²) in [6.07, 6.45) is 2.45. The van der Waals surface area contributed by atoms with E-state index in [0.717, 1.165) is 24.3 Å². The van der Waals surface area contributed by atoms with E-state index in [1.165, 1.54) is 20.3 Å². The van der Waals surface area contributed by atoms with E-state index in [9.17, 15) is 19.3 Å². The Morgan fingerprint density at radius 3 is 2.52 bits per heavy atom. The standard InChI is InChI=1S/C17H14FNO6/c1-23-13-5-7-15(24-2)11(9-13)3-8-17(20)25-16-10-12(18)4-6-14(16)19(21)22/h3-10H,1-2H3. The highest BCUT2D eigenvalue weighted by Gasteiger charge is 2.18. The van der Waals surface area contributed by atoms with E-state index in [1.54, 1.807) is 18.2 Å². The molecule has 25 heavy (non-hydrogen) atoms. The van der Waals surface area contributed by atoms with Gasteiger partial charge in [-0.3, -0.25) is 10.1 Å². The molecule has 0 aromatic heterocycles. The molecule has 0 spiro atoms. The summed E-state index contributed by atoms with van der Waals surface area (Å²) in [4.78, 5) is 22.0. The van der Waals surface area contributed by atoms with Crippen LogP contribution in [-0.2, 0) is 4.79 Å². The second-order valence-electron chi connectivity index (χ2n) is 4.73. The van der Waals surface area contributed by atoms with Gasteiger partial charge in [-0.1, -0.05) is 0 Å². The van der Waals surface area contributed by atoms with Crippen molar-refractivity contribution in [1.82, 2.24) is 0 Å². The Kier molecular flexibility index (Phi) is 5.67. The first-order valence-corrected chi connectivity index (χ1v) is 7.00. The highest BCUT2D eigenvalue weighted by Crippen LogP contribution is 2.28. The maximum atomic E-state index is 13.2. The minimum absolute atomic E-state index is 0.475. The van der Waals surface area contributed by atoms with Gasteiger partial charge in [-0.05, 0) is 30.3 Å². The van der Waals surface area contributed by atoms with E-state index in [4.69, 9.17) is 14.2 Å². The van der Waals surface area contributed by atoms with E-state index in [1.807, 2.05) is 0 Å². The average molecular weight is 347 g/mol. The molecule has 8 heteroatoms. The van der Waals surface area contributed by atoms with E-state index in [-0.39, 0.29) is 0 Å². The SMILES string of the molecule is COc1ccc(OC)c(C=CC(=O)Oc2cc(F)ccc2[N+](=O)[O-])c1. The first kappa shape index (κ1) is 17.9. The van der Waals surface area contributed by atoms with Gasteiger partial charge >= 0.3 is 11.7 Å². The summed E-state index contributed by atoms with van der Waals surface area (Å²) >= 11 is 0. The Morgan fingerprint density at radius 2 is 1.88 bits per heavy atom. The number of nitrogens with zero attached hydrogens (tertiary/aromatic N) is 1. The van der Waals surface area contributed by atoms with E-state index in [2.05, 4.69) is 0 Å². The fourth-order valence-electron chi connectivity index (χ4n) is 1.99. The van der Waals surface area contributed by atoms with Gasteiger partial charge in [0.2, 0.25) is 5.75 Å². The van der Waals surface area contributed by atoms with Crippen molar-refractivity contribution in [2.45, 2.75) is 0 Å². The number of halogens is 1. The van der Waals surface area contributed by atoms with Gasteiger partial charge in [0.25, 0.3) is 0 Å². The lowest BCUT2D eigenvalue weighted by Gasteiger charge is -2.07. The third-order valence-electron chi connectivity index (χ3n) is 3.16. The highest BCUT2D eigenvalue weighted by atomic mass is 19.1. The van der Waals surface area contributed by atoms with Crippen molar-refractivity contribution in [3.63, 3.8) is 0 Å². The summed E-state index contributed by atoms with van der Waals surface area (Å²) in [5, 5.41) is 10.9. The maximum Gasteiger partial charge on any atom is 0.336 e. The Hall–Kier alpha value is -3.42. The van der Waals surface area contributed by atoms with E-state index >= 15 is 0 Å². The lowest BCUT2D eigenvalue weighted by Crippen LogP contribution is -2.06. The quantitative estimate of drug-likeness (QED) is 0.262. The Morgan fingerprint density at radius 1 is 1.12 bits per heavy atom. The summed E-state index contributed by atoms with van der Waals surface area (Å²) in [6.45, 7) is 0. The number of nitro benzene ring substituents is 1. The normalized spacial score (nSPS) is 10.5. The molecular formula is C17H14FNO6. The molecule has 0 atom stereocenters. The topological polar surface area (TPSA) is 87.9 Å². The zero-order chi connectivity index (χ0) is 18.4. The number of benzene rings is 2. The van der Waals surface area contributed by atoms with Crippen molar-refractivity contribution < 1.29 is 28.3 Å². The molecule has 0 saturated heterocycles. The van der Waals surface area contributed by atoms with Crippen LogP contribution in [0.2, 0.25) is 0 Å². The van der Waals surface area contributed by atoms with Crippen LogP contribution < -0.4 is 14.2 Å². The number of rotatable bonds is 6. The van der Waals surface area contributed by atoms with E-state index < -0.39 is 28.1 Å². The van der Waals surface area contributed by atoms with Crippen LogP contribution in [0.25, 0.3) is 6.08 Å². The van der Waals surface area contributed by atoms with Gasteiger partial charge in [-0.15, -0.1) is 0 Å². The van der Waals surface area contributed by atoms with Gasteiger partial charge in [0.15, 0.2) is 0 Å². The summed E-state index contributed by atoms with van der Waals surface area (Å²) in [6, 6.07) is 7.58. The predicted octanol–water partition coefficient (Wildman–Crippen LogP) is 3.37. The van der Waals surface area contributed by atoms with Crippen molar-refractivity contribution in [1.29, 1.82) is 0 Å². The van der Waals surface area contributed by atoms with Crippen LogP contribution in [-0.4, -0.2) is 25.1 Å². The van der Waals surface area contributed by atoms with Crippen LogP contribution in [0.1, 0.15) is 5.56 Å². The monoisotopic (exact) mass is 347 g/mol. The third-order valence-corrected chi connectivity index (χ3v) is 3.16. The number of methoxy groups -OCH3 is 2. The van der Waals surface area contributed by atoms with Crippen LogP contribution in [0.3, 0.4) is 0 Å². The van der Waals surface area contributed by atoms with Crippen molar-refractivity contribution in [3.05, 3.63) is 64.0 Å². The summed E-state index contributed by atoms with van der Waals surface area (Å²) in [5.74, 6) is -1.10. The zero-order valence-electron chi connectivity index (χ0n) is 13.4. The Bertz CT molecular complexity index is 834. The van der Waals surface area contributed by atoms with Gasteiger partial charge in [0, 0.05) is 23.8 Å². The van der Waals surface area contributed by atoms with Gasteiger partial charge in [-0.25, -0.2) is 9.18 Å². The summed E-state index contributed by atoms with van der Waals surface area (Å²) < 4.78 is 28.3. The molecule has 0 bridgehead atoms. The summed E-state index contributed by atoms with van der Waals surface area (Å²) in [5.41, 5.74) is 0.0228. The maximum absolute atomic E-state index is 13.2. The van der Waals surface area contributed by atoms with E-state index in [0.29, 0.717) is 17.1 Å². The number of hydrogen-bond acceptors (Lipinski definition) is 6. The lowest BCUT2D eigenvalue weighted by atomic mass is 10.1. The Balaban J connectivity index is 2.22.